The van der Waals surface area contributed by atoms with Gasteiger partial charge in [-0.25, -0.2) is 0 Å². The van der Waals surface area contributed by atoms with Crippen molar-refractivity contribution < 1.29 is 4.79 Å². The van der Waals surface area contributed by atoms with Gasteiger partial charge in [0.1, 0.15) is 5.69 Å². The zero-order chi connectivity index (χ0) is 14.9. The van der Waals surface area contributed by atoms with Crippen LogP contribution in [0.1, 0.15) is 63.5 Å². The normalized spacial score (nSPS) is 26.8. The quantitative estimate of drug-likeness (QED) is 0.869. The van der Waals surface area contributed by atoms with Crippen LogP contribution in [0.5, 0.6) is 0 Å². The molecular weight excluding hydrogens is 316 g/mol. The fourth-order valence-corrected chi connectivity index (χ4v) is 3.52. The van der Waals surface area contributed by atoms with E-state index in [1.807, 2.05) is 16.8 Å². The minimum Gasteiger partial charge on any atom is -0.348 e. The number of amides is 1. The monoisotopic (exact) mass is 340 g/mol. The fraction of sp³-hybridized carbons (Fsp3) is 0.688. The molecule has 0 radical (unpaired) electrons. The number of carbonyl (C=O) groups is 1. The highest BCUT2D eigenvalue weighted by atomic mass is 79.9. The van der Waals surface area contributed by atoms with Crippen molar-refractivity contribution in [2.24, 2.45) is 11.8 Å². The summed E-state index contributed by atoms with van der Waals surface area (Å²) in [5.74, 6) is 1.30. The topological polar surface area (TPSA) is 34.0 Å². The predicted molar refractivity (Wildman–Crippen MR) is 86.0 cm³/mol. The molecule has 1 aliphatic rings. The average Bonchev–Trinajstić information content (AvgIpc) is 2.77. The van der Waals surface area contributed by atoms with Crippen LogP contribution in [0.25, 0.3) is 0 Å². The number of rotatable bonds is 3. The Morgan fingerprint density at radius 1 is 1.40 bits per heavy atom. The van der Waals surface area contributed by atoms with Gasteiger partial charge in [0.2, 0.25) is 0 Å². The summed E-state index contributed by atoms with van der Waals surface area (Å²) in [7, 11) is 0. The first-order chi connectivity index (χ1) is 9.40. The summed E-state index contributed by atoms with van der Waals surface area (Å²) in [6, 6.07) is 2.50. The molecule has 1 aromatic heterocycles. The van der Waals surface area contributed by atoms with Gasteiger partial charge in [0.25, 0.3) is 5.91 Å². The van der Waals surface area contributed by atoms with Crippen molar-refractivity contribution in [1.29, 1.82) is 0 Å². The van der Waals surface area contributed by atoms with Gasteiger partial charge in [-0.2, -0.15) is 0 Å². The highest BCUT2D eigenvalue weighted by Crippen LogP contribution is 2.30. The van der Waals surface area contributed by atoms with Crippen molar-refractivity contribution in [3.63, 3.8) is 0 Å². The van der Waals surface area contributed by atoms with Gasteiger partial charge in [0.15, 0.2) is 0 Å². The van der Waals surface area contributed by atoms with Crippen molar-refractivity contribution in [3.8, 4) is 0 Å². The van der Waals surface area contributed by atoms with Gasteiger partial charge in [0, 0.05) is 22.8 Å². The van der Waals surface area contributed by atoms with Crippen molar-refractivity contribution in [2.45, 2.75) is 59.0 Å². The molecule has 0 spiro atoms. The van der Waals surface area contributed by atoms with E-state index in [9.17, 15) is 4.79 Å². The summed E-state index contributed by atoms with van der Waals surface area (Å²) in [6.45, 7) is 8.73. The van der Waals surface area contributed by atoms with Crippen LogP contribution >= 0.6 is 15.9 Å². The summed E-state index contributed by atoms with van der Waals surface area (Å²) in [5.41, 5.74) is 0.748. The van der Waals surface area contributed by atoms with E-state index < -0.39 is 0 Å². The van der Waals surface area contributed by atoms with Gasteiger partial charge in [0.05, 0.1) is 0 Å². The molecule has 1 fully saturated rings. The molecule has 1 aliphatic carbocycles. The first kappa shape index (κ1) is 15.6. The van der Waals surface area contributed by atoms with Crippen molar-refractivity contribution >= 4 is 21.8 Å². The second-order valence-corrected chi connectivity index (χ2v) is 7.31. The molecule has 1 heterocycles. The molecule has 0 aromatic carbocycles. The van der Waals surface area contributed by atoms with E-state index in [0.717, 1.165) is 16.6 Å². The lowest BCUT2D eigenvalue weighted by atomic mass is 9.78. The van der Waals surface area contributed by atoms with Crippen LogP contribution in [-0.2, 0) is 0 Å². The van der Waals surface area contributed by atoms with Gasteiger partial charge in [-0.15, -0.1) is 0 Å². The second-order valence-electron chi connectivity index (χ2n) is 6.39. The Morgan fingerprint density at radius 2 is 2.10 bits per heavy atom. The molecule has 2 rings (SSSR count). The Balaban J connectivity index is 2.12. The Bertz CT molecular complexity index is 481. The predicted octanol–water partition coefficient (Wildman–Crippen LogP) is 4.39. The van der Waals surface area contributed by atoms with E-state index in [1.165, 1.54) is 12.8 Å². The summed E-state index contributed by atoms with van der Waals surface area (Å²) >= 11 is 3.47. The van der Waals surface area contributed by atoms with Crippen LogP contribution in [0, 0.1) is 11.8 Å². The molecule has 0 bridgehead atoms. The summed E-state index contributed by atoms with van der Waals surface area (Å²) in [6.07, 6.45) is 5.57. The fourth-order valence-electron chi connectivity index (χ4n) is 3.08. The molecule has 1 saturated carbocycles. The highest BCUT2D eigenvalue weighted by Gasteiger charge is 2.29. The summed E-state index contributed by atoms with van der Waals surface area (Å²) < 4.78 is 2.98. The molecule has 4 heteroatoms. The molecule has 0 aliphatic heterocycles. The molecule has 20 heavy (non-hydrogen) atoms. The van der Waals surface area contributed by atoms with Gasteiger partial charge in [-0.05, 0) is 54.1 Å². The highest BCUT2D eigenvalue weighted by molar-refractivity contribution is 9.10. The van der Waals surface area contributed by atoms with Crippen molar-refractivity contribution in [1.82, 2.24) is 9.88 Å². The number of carbonyl (C=O) groups excluding carboxylic acids is 1. The number of aromatic nitrogens is 1. The Hall–Kier alpha value is -0.770. The maximum atomic E-state index is 12.6. The third kappa shape index (κ3) is 3.27. The molecule has 1 aromatic rings. The zero-order valence-corrected chi connectivity index (χ0v) is 14.4. The first-order valence-electron chi connectivity index (χ1n) is 7.58. The van der Waals surface area contributed by atoms with Crippen LogP contribution in [0.3, 0.4) is 0 Å². The maximum Gasteiger partial charge on any atom is 0.268 e. The largest absolute Gasteiger partial charge is 0.348 e. The number of halogens is 1. The zero-order valence-electron chi connectivity index (χ0n) is 12.8. The number of hydrogen-bond acceptors (Lipinski definition) is 1. The molecule has 1 N–H and O–H groups in total. The number of nitrogens with one attached hydrogen (secondary N) is 1. The van der Waals surface area contributed by atoms with E-state index in [2.05, 4.69) is 48.9 Å². The lowest BCUT2D eigenvalue weighted by molar-refractivity contribution is 0.0880. The third-order valence-corrected chi connectivity index (χ3v) is 5.06. The van der Waals surface area contributed by atoms with Crippen molar-refractivity contribution in [2.75, 3.05) is 0 Å². The SMILES string of the molecule is CC1CCCC(NC(=O)c2cc(Br)cn2C(C)C)C1C. The van der Waals surface area contributed by atoms with Gasteiger partial charge in [-0.3, -0.25) is 4.79 Å². The molecule has 3 nitrogen and oxygen atoms in total. The van der Waals surface area contributed by atoms with E-state index in [-0.39, 0.29) is 11.9 Å². The Morgan fingerprint density at radius 3 is 2.75 bits per heavy atom. The first-order valence-corrected chi connectivity index (χ1v) is 8.37. The third-order valence-electron chi connectivity index (χ3n) is 4.63. The molecule has 1 amide bonds. The maximum absolute atomic E-state index is 12.6. The van der Waals surface area contributed by atoms with Crippen LogP contribution in [-0.4, -0.2) is 16.5 Å². The lowest BCUT2D eigenvalue weighted by Crippen LogP contribution is -2.44. The van der Waals surface area contributed by atoms with Gasteiger partial charge < -0.3 is 9.88 Å². The van der Waals surface area contributed by atoms with E-state index in [1.54, 1.807) is 0 Å². The van der Waals surface area contributed by atoms with Crippen LogP contribution < -0.4 is 5.32 Å². The van der Waals surface area contributed by atoms with E-state index in [4.69, 9.17) is 0 Å². The average molecular weight is 341 g/mol. The number of nitrogens with zero attached hydrogens (tertiary/aromatic N) is 1. The van der Waals surface area contributed by atoms with Crippen molar-refractivity contribution in [3.05, 3.63) is 22.4 Å². The Kier molecular flexibility index (Phi) is 4.95. The van der Waals surface area contributed by atoms with Crippen LogP contribution in [0.4, 0.5) is 0 Å². The van der Waals surface area contributed by atoms with Gasteiger partial charge in [-0.1, -0.05) is 26.7 Å². The molecular formula is C16H25BrN2O. The smallest absolute Gasteiger partial charge is 0.268 e. The minimum absolute atomic E-state index is 0.0513. The standard InChI is InChI=1S/C16H25BrN2O/c1-10(2)19-9-13(17)8-15(19)16(20)18-14-7-5-6-11(3)12(14)4/h8-12,14H,5-7H2,1-4H3,(H,18,20). The second kappa shape index (κ2) is 6.33. The summed E-state index contributed by atoms with van der Waals surface area (Å²) in [5, 5.41) is 3.24. The summed E-state index contributed by atoms with van der Waals surface area (Å²) in [4.78, 5) is 12.6. The van der Waals surface area contributed by atoms with E-state index >= 15 is 0 Å². The van der Waals surface area contributed by atoms with Crippen LogP contribution in [0.15, 0.2) is 16.7 Å². The Labute approximate surface area is 130 Å². The molecule has 0 saturated heterocycles. The molecule has 3 atom stereocenters. The molecule has 112 valence electrons. The minimum atomic E-state index is 0.0513. The van der Waals surface area contributed by atoms with Gasteiger partial charge >= 0.3 is 0 Å². The molecule has 3 unspecified atom stereocenters. The van der Waals surface area contributed by atoms with E-state index in [0.29, 0.717) is 17.9 Å². The number of hydrogen-bond donors (Lipinski definition) is 1. The lowest BCUT2D eigenvalue weighted by Gasteiger charge is -2.34. The van der Waals surface area contributed by atoms with Crippen LogP contribution in [0.2, 0.25) is 0 Å².